The summed E-state index contributed by atoms with van der Waals surface area (Å²) in [5, 5.41) is 14.4. The van der Waals surface area contributed by atoms with E-state index in [0.717, 1.165) is 41.5 Å². The molecular formula is C30H42N2O6. The molecule has 38 heavy (non-hydrogen) atoms. The molecule has 8 heteroatoms. The predicted molar refractivity (Wildman–Crippen MR) is 148 cm³/mol. The fraction of sp³-hybridized carbons (Fsp3) is 0.500. The molecule has 2 amide bonds. The van der Waals surface area contributed by atoms with Gasteiger partial charge in [-0.25, -0.2) is 14.4 Å². The fourth-order valence-corrected chi connectivity index (χ4v) is 4.18. The summed E-state index contributed by atoms with van der Waals surface area (Å²) in [6.45, 7) is 11.5. The van der Waals surface area contributed by atoms with Gasteiger partial charge in [0.1, 0.15) is 18.2 Å². The summed E-state index contributed by atoms with van der Waals surface area (Å²) in [6.07, 6.45) is 2.08. The largest absolute Gasteiger partial charge is 0.480 e. The third-order valence-corrected chi connectivity index (χ3v) is 5.84. The van der Waals surface area contributed by atoms with E-state index in [1.807, 2.05) is 71.0 Å². The Labute approximate surface area is 226 Å². The van der Waals surface area contributed by atoms with Crippen LogP contribution in [0.3, 0.4) is 0 Å². The van der Waals surface area contributed by atoms with Gasteiger partial charge in [-0.15, -0.1) is 0 Å². The second-order valence-electron chi connectivity index (χ2n) is 10.7. The maximum absolute atomic E-state index is 12.2. The number of fused-ring (bicyclic) bond motifs is 3. The standard InChI is InChI=1S/C22H25NO4.C8H17NO2/c1-2-3-4-13-20(21(24)25)23-22(26)27-14-19-17-11-7-5-9-15(17)16-10-6-8-12-18(16)19;1-6(2)9-7(10)11-8(3,4)5/h5-12,19-20H,2-4,13-14H2,1H3,(H,23,26)(H,24,25);6H,1-5H3,(H,9,10)/t20-;/m0./s1. The van der Waals surface area contributed by atoms with Crippen molar-refractivity contribution < 1.29 is 29.0 Å². The smallest absolute Gasteiger partial charge is 0.407 e. The van der Waals surface area contributed by atoms with Gasteiger partial charge in [0, 0.05) is 12.0 Å². The third-order valence-electron chi connectivity index (χ3n) is 5.84. The summed E-state index contributed by atoms with van der Waals surface area (Å²) in [5.41, 5.74) is 4.17. The Morgan fingerprint density at radius 1 is 0.895 bits per heavy atom. The Hall–Kier alpha value is -3.55. The number of amides is 2. The van der Waals surface area contributed by atoms with Crippen molar-refractivity contribution in [2.24, 2.45) is 0 Å². The van der Waals surface area contributed by atoms with Crippen LogP contribution >= 0.6 is 0 Å². The summed E-state index contributed by atoms with van der Waals surface area (Å²) < 4.78 is 10.4. The molecule has 3 rings (SSSR count). The van der Waals surface area contributed by atoms with E-state index in [2.05, 4.69) is 29.7 Å². The molecule has 0 spiro atoms. The highest BCUT2D eigenvalue weighted by atomic mass is 16.6. The zero-order chi connectivity index (χ0) is 28.3. The zero-order valence-electron chi connectivity index (χ0n) is 23.4. The Balaban J connectivity index is 0.000000391. The van der Waals surface area contributed by atoms with E-state index < -0.39 is 23.7 Å². The minimum atomic E-state index is -1.03. The summed E-state index contributed by atoms with van der Waals surface area (Å²) in [5.74, 6) is -1.06. The molecule has 0 radical (unpaired) electrons. The highest BCUT2D eigenvalue weighted by Crippen LogP contribution is 2.44. The number of alkyl carbamates (subject to hydrolysis) is 2. The number of carboxylic acids is 1. The fourth-order valence-electron chi connectivity index (χ4n) is 4.18. The van der Waals surface area contributed by atoms with Gasteiger partial charge in [-0.3, -0.25) is 0 Å². The van der Waals surface area contributed by atoms with Crippen LogP contribution in [0.5, 0.6) is 0 Å². The summed E-state index contributed by atoms with van der Waals surface area (Å²) in [6, 6.07) is 15.4. The van der Waals surface area contributed by atoms with Crippen LogP contribution in [0.15, 0.2) is 48.5 Å². The molecule has 0 aliphatic heterocycles. The average molecular weight is 527 g/mol. The highest BCUT2D eigenvalue weighted by Gasteiger charge is 2.29. The van der Waals surface area contributed by atoms with E-state index in [4.69, 9.17) is 9.47 Å². The number of aliphatic carboxylic acids is 1. The molecule has 0 bridgehead atoms. The first kappa shape index (κ1) is 30.7. The van der Waals surface area contributed by atoms with Crippen molar-refractivity contribution in [1.29, 1.82) is 0 Å². The molecule has 3 N–H and O–H groups in total. The van der Waals surface area contributed by atoms with Crippen LogP contribution in [0.1, 0.15) is 84.3 Å². The topological polar surface area (TPSA) is 114 Å². The van der Waals surface area contributed by atoms with E-state index in [1.54, 1.807) is 0 Å². The van der Waals surface area contributed by atoms with Crippen molar-refractivity contribution in [1.82, 2.24) is 10.6 Å². The summed E-state index contributed by atoms with van der Waals surface area (Å²) in [4.78, 5) is 34.5. The Kier molecular flexibility index (Phi) is 11.6. The van der Waals surface area contributed by atoms with Crippen LogP contribution in [0.25, 0.3) is 11.1 Å². The number of carbonyl (C=O) groups is 3. The molecular weight excluding hydrogens is 484 g/mol. The summed E-state index contributed by atoms with van der Waals surface area (Å²) >= 11 is 0. The Bertz CT molecular complexity index is 1030. The number of carboxylic acid groups (broad SMARTS) is 1. The lowest BCUT2D eigenvalue weighted by atomic mass is 9.98. The lowest BCUT2D eigenvalue weighted by Crippen LogP contribution is -2.41. The van der Waals surface area contributed by atoms with Crippen LogP contribution in [0.2, 0.25) is 0 Å². The van der Waals surface area contributed by atoms with E-state index >= 15 is 0 Å². The van der Waals surface area contributed by atoms with Gasteiger partial charge >= 0.3 is 18.2 Å². The van der Waals surface area contributed by atoms with Crippen LogP contribution in [0.4, 0.5) is 9.59 Å². The predicted octanol–water partition coefficient (Wildman–Crippen LogP) is 6.48. The first-order chi connectivity index (χ1) is 17.9. The lowest BCUT2D eigenvalue weighted by molar-refractivity contribution is -0.139. The molecule has 0 aromatic heterocycles. The number of unbranched alkanes of at least 4 members (excludes halogenated alkanes) is 2. The van der Waals surface area contributed by atoms with E-state index in [0.29, 0.717) is 6.42 Å². The molecule has 208 valence electrons. The second-order valence-corrected chi connectivity index (χ2v) is 10.7. The number of ether oxygens (including phenoxy) is 2. The Morgan fingerprint density at radius 3 is 1.92 bits per heavy atom. The highest BCUT2D eigenvalue weighted by molar-refractivity contribution is 5.81. The van der Waals surface area contributed by atoms with Crippen molar-refractivity contribution in [3.05, 3.63) is 59.7 Å². The van der Waals surface area contributed by atoms with Gasteiger partial charge in [-0.05, 0) is 63.3 Å². The number of hydrogen-bond donors (Lipinski definition) is 3. The molecule has 0 saturated heterocycles. The number of rotatable bonds is 9. The van der Waals surface area contributed by atoms with Crippen LogP contribution in [-0.2, 0) is 14.3 Å². The Morgan fingerprint density at radius 2 is 1.45 bits per heavy atom. The number of hydrogen-bond acceptors (Lipinski definition) is 5. The van der Waals surface area contributed by atoms with E-state index in [1.165, 1.54) is 0 Å². The minimum absolute atomic E-state index is 0.0356. The van der Waals surface area contributed by atoms with Gasteiger partial charge in [0.15, 0.2) is 0 Å². The van der Waals surface area contributed by atoms with Crippen molar-refractivity contribution in [2.45, 2.75) is 90.8 Å². The van der Waals surface area contributed by atoms with Gasteiger partial charge in [-0.2, -0.15) is 0 Å². The molecule has 1 aliphatic rings. The van der Waals surface area contributed by atoms with Crippen molar-refractivity contribution in [3.8, 4) is 11.1 Å². The van der Waals surface area contributed by atoms with Gasteiger partial charge in [0.05, 0.1) is 0 Å². The molecule has 8 nitrogen and oxygen atoms in total. The molecule has 2 aromatic carbocycles. The van der Waals surface area contributed by atoms with Gasteiger partial charge < -0.3 is 25.2 Å². The average Bonchev–Trinajstić information content (AvgIpc) is 3.14. The molecule has 0 fully saturated rings. The van der Waals surface area contributed by atoms with Crippen molar-refractivity contribution in [3.63, 3.8) is 0 Å². The second kappa shape index (κ2) is 14.4. The van der Waals surface area contributed by atoms with Crippen molar-refractivity contribution in [2.75, 3.05) is 6.61 Å². The molecule has 2 aromatic rings. The van der Waals surface area contributed by atoms with Crippen LogP contribution in [-0.4, -0.2) is 47.6 Å². The van der Waals surface area contributed by atoms with Gasteiger partial charge in [-0.1, -0.05) is 74.7 Å². The maximum atomic E-state index is 12.2. The first-order valence-corrected chi connectivity index (χ1v) is 13.3. The number of nitrogens with one attached hydrogen (secondary N) is 2. The monoisotopic (exact) mass is 526 g/mol. The van der Waals surface area contributed by atoms with Crippen LogP contribution in [0, 0.1) is 0 Å². The number of benzene rings is 2. The molecule has 0 heterocycles. The quantitative estimate of drug-likeness (QED) is 0.322. The summed E-state index contributed by atoms with van der Waals surface area (Å²) in [7, 11) is 0. The maximum Gasteiger partial charge on any atom is 0.407 e. The first-order valence-electron chi connectivity index (χ1n) is 13.3. The van der Waals surface area contributed by atoms with E-state index in [9.17, 15) is 19.5 Å². The van der Waals surface area contributed by atoms with Crippen LogP contribution < -0.4 is 10.6 Å². The SMILES string of the molecule is CC(C)NC(=O)OC(C)(C)C.CCCCC[C@H](NC(=O)OCC1c2ccccc2-c2ccccc21)C(=O)O. The zero-order valence-corrected chi connectivity index (χ0v) is 23.4. The third kappa shape index (κ3) is 9.72. The minimum Gasteiger partial charge on any atom is -0.480 e. The molecule has 0 saturated carbocycles. The van der Waals surface area contributed by atoms with Crippen molar-refractivity contribution >= 4 is 18.2 Å². The molecule has 0 unspecified atom stereocenters. The number of carbonyl (C=O) groups excluding carboxylic acids is 2. The normalized spacial score (nSPS) is 12.9. The van der Waals surface area contributed by atoms with Gasteiger partial charge in [0.25, 0.3) is 0 Å². The van der Waals surface area contributed by atoms with E-state index in [-0.39, 0.29) is 24.7 Å². The molecule has 1 aliphatic carbocycles. The molecule has 1 atom stereocenters. The van der Waals surface area contributed by atoms with Gasteiger partial charge in [0.2, 0.25) is 0 Å². The lowest BCUT2D eigenvalue weighted by Gasteiger charge is -2.20.